The summed E-state index contributed by atoms with van der Waals surface area (Å²) in [4.78, 5) is 135. The van der Waals surface area contributed by atoms with Gasteiger partial charge in [-0.05, 0) is 119 Å². The molecule has 2 heterocycles. The first-order chi connectivity index (χ1) is 52.0. The molecule has 109 heavy (non-hydrogen) atoms. The highest BCUT2D eigenvalue weighted by Gasteiger charge is 2.29. The van der Waals surface area contributed by atoms with E-state index in [9.17, 15) is 43.2 Å². The Morgan fingerprint density at radius 1 is 0.523 bits per heavy atom. The number of ketones is 2. The summed E-state index contributed by atoms with van der Waals surface area (Å²) in [5.41, 5.74) is 5.23. The molecule has 1 aromatic carbocycles. The van der Waals surface area contributed by atoms with Crippen LogP contribution in [-0.4, -0.2) is 163 Å². The van der Waals surface area contributed by atoms with E-state index in [1.807, 2.05) is 0 Å². The summed E-state index contributed by atoms with van der Waals surface area (Å²) in [6.07, 6.45) is 33.0. The summed E-state index contributed by atoms with van der Waals surface area (Å²) in [7, 11) is 0. The lowest BCUT2D eigenvalue weighted by molar-refractivity contribution is -0.157. The van der Waals surface area contributed by atoms with E-state index in [0.29, 0.717) is 80.8 Å². The molecular formula is C84H144N10O14S. The van der Waals surface area contributed by atoms with E-state index in [1.54, 1.807) is 96.4 Å². The van der Waals surface area contributed by atoms with E-state index in [4.69, 9.17) is 29.4 Å². The zero-order valence-corrected chi connectivity index (χ0v) is 70.2. The predicted molar refractivity (Wildman–Crippen MR) is 438 cm³/mol. The Morgan fingerprint density at radius 2 is 0.982 bits per heavy atom. The minimum atomic E-state index is -0.968. The highest BCUT2D eigenvalue weighted by molar-refractivity contribution is 7.99. The van der Waals surface area contributed by atoms with Crippen LogP contribution in [0.1, 0.15) is 343 Å². The van der Waals surface area contributed by atoms with Gasteiger partial charge in [0.05, 0.1) is 12.6 Å². The maximum Gasteiger partial charge on any atom is 0.410 e. The van der Waals surface area contributed by atoms with Gasteiger partial charge < -0.3 is 60.2 Å². The van der Waals surface area contributed by atoms with Gasteiger partial charge in [0.2, 0.25) is 11.9 Å². The third-order valence-corrected chi connectivity index (χ3v) is 19.6. The number of rotatable bonds is 61. The number of carbonyl (C=O) groups is 8. The lowest BCUT2D eigenvalue weighted by Crippen LogP contribution is -2.45. The number of aromatic amines is 1. The van der Waals surface area contributed by atoms with E-state index in [2.05, 4.69) is 51.7 Å². The average Bonchev–Trinajstić information content (AvgIpc) is 1.64. The van der Waals surface area contributed by atoms with Crippen molar-refractivity contribution < 1.29 is 62.0 Å². The standard InChI is InChI=1S/C84H144N10O14S/c1-13-16-19-21-23-25-27-29-31-33-35-37-39-47-72(98)104-62-67(105-73(99)48-40-38-36-34-32-30-28-26-24-22-20-17-14-2)63-109-64-68(88-79(101)106-82(4,5)6)70(96)46-41-42-57-92(80(102)107-83(7,8)9)58-43-44-59-93(81(103)108-84(10,11)12)60-45-56-86-71(97)54-53-69(95)66-51-49-65(50-52-66)61-94-76-74(89-78(94)100)75(85)90-77(91-76)87-55-18-15-3/h49-52,67-68H,13-48,53-64H2,1-12H3,(H,86,97)(H,88,101)(H,89,100)(H3,85,87,90,91)/t67?,68-/m0/s1. The number of Topliss-reactive ketones (excluding diaryl/α,β-unsaturated/α-hetero) is 2. The summed E-state index contributed by atoms with van der Waals surface area (Å²) < 4.78 is 30.4. The first kappa shape index (κ1) is 96.3. The fourth-order valence-corrected chi connectivity index (χ4v) is 13.5. The molecule has 0 saturated heterocycles. The van der Waals surface area contributed by atoms with Gasteiger partial charge >= 0.3 is 35.9 Å². The maximum atomic E-state index is 14.2. The molecule has 620 valence electrons. The number of nitrogen functional groups attached to an aromatic ring is 1. The van der Waals surface area contributed by atoms with Crippen molar-refractivity contribution in [1.82, 2.24) is 40.0 Å². The molecule has 0 saturated carbocycles. The summed E-state index contributed by atoms with van der Waals surface area (Å²) in [5.74, 6) is -0.653. The predicted octanol–water partition coefficient (Wildman–Crippen LogP) is 18.5. The number of nitrogens with one attached hydrogen (secondary N) is 4. The van der Waals surface area contributed by atoms with Crippen molar-refractivity contribution in [2.75, 3.05) is 68.4 Å². The summed E-state index contributed by atoms with van der Waals surface area (Å²) >= 11 is 1.32. The molecule has 3 aromatic rings. The largest absolute Gasteiger partial charge is 0.462 e. The first-order valence-electron chi connectivity index (χ1n) is 41.8. The van der Waals surface area contributed by atoms with Gasteiger partial charge in [-0.15, -0.1) is 0 Å². The Hall–Kier alpha value is -6.92. The molecule has 2 aromatic heterocycles. The molecule has 3 rings (SSSR count). The number of benzene rings is 1. The van der Waals surface area contributed by atoms with Crippen molar-refractivity contribution in [2.24, 2.45) is 0 Å². The number of imidazole rings is 1. The van der Waals surface area contributed by atoms with Crippen LogP contribution in [0.4, 0.5) is 26.1 Å². The smallest absolute Gasteiger partial charge is 0.410 e. The highest BCUT2D eigenvalue weighted by Crippen LogP contribution is 2.23. The van der Waals surface area contributed by atoms with E-state index < -0.39 is 52.9 Å². The van der Waals surface area contributed by atoms with Crippen molar-refractivity contribution in [1.29, 1.82) is 0 Å². The lowest BCUT2D eigenvalue weighted by atomic mass is 10.0. The molecule has 4 amide bonds. The zero-order chi connectivity index (χ0) is 80.3. The fraction of sp³-hybridized carbons (Fsp3) is 0.774. The second-order valence-electron chi connectivity index (χ2n) is 32.3. The minimum absolute atomic E-state index is 0.0305. The van der Waals surface area contributed by atoms with Crippen molar-refractivity contribution >= 4 is 82.4 Å². The molecule has 0 aliphatic rings. The summed E-state index contributed by atoms with van der Waals surface area (Å²) in [6, 6.07) is 5.87. The number of ether oxygens (including phenoxy) is 5. The van der Waals surface area contributed by atoms with Crippen LogP contribution in [0.25, 0.3) is 11.2 Å². The third-order valence-electron chi connectivity index (χ3n) is 18.5. The maximum absolute atomic E-state index is 14.2. The number of H-pyrrole nitrogens is 1. The number of esters is 2. The highest BCUT2D eigenvalue weighted by atomic mass is 32.2. The van der Waals surface area contributed by atoms with Crippen LogP contribution in [0.15, 0.2) is 29.1 Å². The SMILES string of the molecule is CCCCCCCCCCCCCCCC(=O)OCC(CSC[C@H](NC(=O)OC(C)(C)C)C(=O)CCCCN(CCCCN(CCCNC(=O)CCC(=O)c1ccc(Cn2c(=O)[nH]c3c(N)nc(NCCCC)nc32)cc1)C(=O)OC(C)(C)C)C(=O)OC(C)(C)C)OC(=O)CCCCCCCCCCCCCCC. The van der Waals surface area contributed by atoms with Crippen LogP contribution >= 0.6 is 11.8 Å². The van der Waals surface area contributed by atoms with E-state index in [0.717, 1.165) is 63.4 Å². The Balaban J connectivity index is 1.57. The van der Waals surface area contributed by atoms with Gasteiger partial charge in [0.15, 0.2) is 23.0 Å². The van der Waals surface area contributed by atoms with Crippen LogP contribution < -0.4 is 27.4 Å². The van der Waals surface area contributed by atoms with Crippen LogP contribution in [0.2, 0.25) is 0 Å². The molecule has 0 aliphatic carbocycles. The molecule has 0 aliphatic heterocycles. The van der Waals surface area contributed by atoms with Gasteiger partial charge in [0.1, 0.15) is 35.0 Å². The number of hydrogen-bond donors (Lipinski definition) is 5. The van der Waals surface area contributed by atoms with Crippen LogP contribution in [0, 0.1) is 0 Å². The molecule has 2 atom stereocenters. The van der Waals surface area contributed by atoms with Gasteiger partial charge in [0, 0.05) is 88.4 Å². The lowest BCUT2D eigenvalue weighted by Gasteiger charge is -2.29. The molecule has 25 heteroatoms. The Labute approximate surface area is 658 Å². The minimum Gasteiger partial charge on any atom is -0.462 e. The topological polar surface area (TPSA) is 315 Å². The second kappa shape index (κ2) is 55.5. The zero-order valence-electron chi connectivity index (χ0n) is 69.3. The normalized spacial score (nSPS) is 12.3. The van der Waals surface area contributed by atoms with Gasteiger partial charge in [-0.3, -0.25) is 28.5 Å². The number of nitrogens with zero attached hydrogens (tertiary/aromatic N) is 5. The van der Waals surface area contributed by atoms with Crippen LogP contribution in [0.5, 0.6) is 0 Å². The fourth-order valence-electron chi connectivity index (χ4n) is 12.4. The van der Waals surface area contributed by atoms with Gasteiger partial charge in [-0.25, -0.2) is 19.2 Å². The van der Waals surface area contributed by atoms with E-state index >= 15 is 0 Å². The number of fused-ring (bicyclic) bond motifs is 1. The van der Waals surface area contributed by atoms with E-state index in [-0.39, 0.29) is 112 Å². The number of anilines is 2. The van der Waals surface area contributed by atoms with Crippen molar-refractivity contribution in [2.45, 2.75) is 363 Å². The second-order valence-corrected chi connectivity index (χ2v) is 33.4. The monoisotopic (exact) mass is 1550 g/mol. The number of unbranched alkanes of at least 4 members (excludes halogenated alkanes) is 27. The summed E-state index contributed by atoms with van der Waals surface area (Å²) in [5, 5.41) is 8.80. The molecule has 0 bridgehead atoms. The van der Waals surface area contributed by atoms with Gasteiger partial charge in [0.25, 0.3) is 0 Å². The molecule has 1 unspecified atom stereocenters. The van der Waals surface area contributed by atoms with Crippen molar-refractivity contribution in [3.8, 4) is 0 Å². The Kier molecular flexibility index (Phi) is 49.0. The van der Waals surface area contributed by atoms with Crippen molar-refractivity contribution in [3.05, 3.63) is 45.9 Å². The number of thioether (sulfide) groups is 1. The summed E-state index contributed by atoms with van der Waals surface area (Å²) in [6.45, 7) is 24.6. The molecule has 0 spiro atoms. The van der Waals surface area contributed by atoms with Crippen LogP contribution in [0.3, 0.4) is 0 Å². The number of alkyl carbamates (subject to hydrolysis) is 1. The average molecular weight is 1550 g/mol. The third kappa shape index (κ3) is 46.5. The number of nitrogens with two attached hydrogens (primary N) is 1. The number of carbonyl (C=O) groups excluding carboxylic acids is 8. The molecule has 0 radical (unpaired) electrons. The molecule has 0 fully saturated rings. The van der Waals surface area contributed by atoms with Gasteiger partial charge in [-0.2, -0.15) is 21.7 Å². The van der Waals surface area contributed by atoms with Crippen molar-refractivity contribution in [3.63, 3.8) is 0 Å². The van der Waals surface area contributed by atoms with Crippen LogP contribution in [-0.2, 0) is 49.4 Å². The van der Waals surface area contributed by atoms with Gasteiger partial charge in [-0.1, -0.05) is 206 Å². The number of aromatic nitrogens is 4. The number of hydrogen-bond acceptors (Lipinski definition) is 19. The van der Waals surface area contributed by atoms with E-state index in [1.165, 1.54) is 132 Å². The first-order valence-corrected chi connectivity index (χ1v) is 43.0. The molecular weight excluding hydrogens is 1410 g/mol. The molecule has 24 nitrogen and oxygen atoms in total. The number of amides is 4. The Morgan fingerprint density at radius 3 is 1.48 bits per heavy atom. The Bertz CT molecular complexity index is 3140. The molecule has 6 N–H and O–H groups in total. The quantitative estimate of drug-likeness (QED) is 0.0152.